The molecule has 2 N–H and O–H groups in total. The molecular weight excluding hydrogens is 534 g/mol. The maximum absolute atomic E-state index is 13.1. The molecule has 10 nitrogen and oxygen atoms in total. The molecule has 0 aromatic carbocycles. The van der Waals surface area contributed by atoms with Gasteiger partial charge >= 0.3 is 18.4 Å². The molecule has 0 radical (unpaired) electrons. The number of nitrogens with zero attached hydrogens (tertiary/aromatic N) is 6. The van der Waals surface area contributed by atoms with Gasteiger partial charge in [0.15, 0.2) is 5.84 Å². The van der Waals surface area contributed by atoms with E-state index in [0.29, 0.717) is 25.9 Å². The van der Waals surface area contributed by atoms with E-state index in [1.54, 1.807) is 0 Å². The highest BCUT2D eigenvalue weighted by Gasteiger charge is 2.33. The average Bonchev–Trinajstić information content (AvgIpc) is 2.90. The number of alkyl halides is 6. The molecule has 0 aliphatic carbocycles. The first-order valence-electron chi connectivity index (χ1n) is 11.4. The molecule has 210 valence electrons. The van der Waals surface area contributed by atoms with Crippen LogP contribution in [-0.2, 0) is 17.1 Å². The number of guanidine groups is 1. The van der Waals surface area contributed by atoms with Crippen LogP contribution in [0.2, 0.25) is 0 Å². The number of amides is 1. The van der Waals surface area contributed by atoms with E-state index >= 15 is 0 Å². The van der Waals surface area contributed by atoms with Crippen molar-refractivity contribution in [2.45, 2.75) is 31.2 Å². The molecule has 0 atom stereocenters. The number of nitrogens with one attached hydrogen (secondary N) is 2. The number of aliphatic imine (C=N–C) groups is 3. The number of carbonyl (C=O) groups excluding carboxylic acids is 1. The number of aromatic nitrogens is 2. The Morgan fingerprint density at radius 3 is 2.44 bits per heavy atom. The van der Waals surface area contributed by atoms with E-state index in [4.69, 9.17) is 4.74 Å². The summed E-state index contributed by atoms with van der Waals surface area (Å²) < 4.78 is 83.0. The fraction of sp³-hybridized carbons (Fsp3) is 0.391. The zero-order valence-electron chi connectivity index (χ0n) is 20.6. The maximum Gasteiger partial charge on any atom is 0.433 e. The number of piperidine rings is 1. The van der Waals surface area contributed by atoms with Crippen molar-refractivity contribution in [3.8, 4) is 0 Å². The third kappa shape index (κ3) is 8.38. The molecule has 3 heterocycles. The Kier molecular flexibility index (Phi) is 9.42. The van der Waals surface area contributed by atoms with Crippen LogP contribution in [0, 0.1) is 0 Å². The number of halogens is 6. The lowest BCUT2D eigenvalue weighted by Gasteiger charge is -2.31. The van der Waals surface area contributed by atoms with Gasteiger partial charge in [-0.05, 0) is 43.8 Å². The van der Waals surface area contributed by atoms with Crippen LogP contribution >= 0.6 is 0 Å². The zero-order chi connectivity index (χ0) is 28.6. The van der Waals surface area contributed by atoms with Crippen LogP contribution in [0.4, 0.5) is 36.8 Å². The van der Waals surface area contributed by atoms with E-state index in [2.05, 4.69) is 42.3 Å². The van der Waals surface area contributed by atoms with Crippen molar-refractivity contribution in [3.63, 3.8) is 0 Å². The van der Waals surface area contributed by atoms with Crippen molar-refractivity contribution in [1.82, 2.24) is 20.2 Å². The van der Waals surface area contributed by atoms with Gasteiger partial charge in [0.05, 0.1) is 7.11 Å². The van der Waals surface area contributed by atoms with Gasteiger partial charge in [-0.2, -0.15) is 31.3 Å². The lowest BCUT2D eigenvalue weighted by molar-refractivity contribution is -0.141. The minimum atomic E-state index is -4.70. The van der Waals surface area contributed by atoms with E-state index in [1.807, 2.05) is 0 Å². The van der Waals surface area contributed by atoms with E-state index in [-0.39, 0.29) is 35.9 Å². The zero-order valence-corrected chi connectivity index (χ0v) is 20.6. The standard InChI is InChI=1S/C23H24F6N8O2/c1-30-19(16-4-3-5-17(35-16)22(24,25)26)36-20(34-14-7-10-37(11-8-14)21(38)39-2)33-13-32-15-6-9-31-18(12-15)23(27,28)29/h3-6,9,12,14H,1,7-8,10-11,13H2,2H3,(H,31,32)(H,33,34)/b36-19-. The van der Waals surface area contributed by atoms with Crippen molar-refractivity contribution < 1.29 is 35.9 Å². The lowest BCUT2D eigenvalue weighted by atomic mass is 10.1. The van der Waals surface area contributed by atoms with E-state index in [0.717, 1.165) is 24.4 Å². The number of hydrogen-bond donors (Lipinski definition) is 2. The van der Waals surface area contributed by atoms with Crippen molar-refractivity contribution in [2.24, 2.45) is 15.0 Å². The molecule has 1 fully saturated rings. The second kappa shape index (κ2) is 12.5. The topological polar surface area (TPSA) is 116 Å². The predicted octanol–water partition coefficient (Wildman–Crippen LogP) is 4.21. The van der Waals surface area contributed by atoms with Crippen LogP contribution in [0.3, 0.4) is 0 Å². The van der Waals surface area contributed by atoms with E-state index < -0.39 is 29.8 Å². The molecule has 1 saturated heterocycles. The molecule has 39 heavy (non-hydrogen) atoms. The monoisotopic (exact) mass is 558 g/mol. The fourth-order valence-corrected chi connectivity index (χ4v) is 3.52. The summed E-state index contributed by atoms with van der Waals surface area (Å²) in [5.41, 5.74) is -2.39. The summed E-state index contributed by atoms with van der Waals surface area (Å²) in [5, 5.41) is 5.75. The van der Waals surface area contributed by atoms with Crippen molar-refractivity contribution >= 4 is 30.3 Å². The van der Waals surface area contributed by atoms with Gasteiger partial charge in [0.25, 0.3) is 0 Å². The number of likely N-dealkylation sites (tertiary alicyclic amines) is 1. The average molecular weight is 558 g/mol. The van der Waals surface area contributed by atoms with Crippen molar-refractivity contribution in [1.29, 1.82) is 0 Å². The quantitative estimate of drug-likeness (QED) is 0.323. The molecule has 3 rings (SSSR count). The van der Waals surface area contributed by atoms with Crippen LogP contribution in [0.1, 0.15) is 29.9 Å². The van der Waals surface area contributed by atoms with Crippen LogP contribution < -0.4 is 10.6 Å². The van der Waals surface area contributed by atoms with Gasteiger partial charge in [-0.1, -0.05) is 6.07 Å². The highest BCUT2D eigenvalue weighted by molar-refractivity contribution is 6.06. The number of anilines is 1. The van der Waals surface area contributed by atoms with Crippen molar-refractivity contribution in [2.75, 3.05) is 32.2 Å². The summed E-state index contributed by atoms with van der Waals surface area (Å²) in [6, 6.07) is 5.07. The van der Waals surface area contributed by atoms with E-state index in [9.17, 15) is 31.1 Å². The molecular formula is C23H24F6N8O2. The molecule has 2 aromatic heterocycles. The molecule has 1 aliphatic heterocycles. The van der Waals surface area contributed by atoms with Gasteiger partial charge in [0.2, 0.25) is 5.96 Å². The highest BCUT2D eigenvalue weighted by atomic mass is 19.4. The smallest absolute Gasteiger partial charge is 0.433 e. The molecule has 16 heteroatoms. The first-order valence-corrected chi connectivity index (χ1v) is 11.4. The Labute approximate surface area is 218 Å². The Morgan fingerprint density at radius 1 is 1.13 bits per heavy atom. The normalized spacial score (nSPS) is 15.6. The van der Waals surface area contributed by atoms with Gasteiger partial charge in [-0.15, -0.1) is 0 Å². The summed E-state index contributed by atoms with van der Waals surface area (Å²) >= 11 is 0. The van der Waals surface area contributed by atoms with E-state index in [1.165, 1.54) is 24.1 Å². The molecule has 0 unspecified atom stereocenters. The number of hydrogen-bond acceptors (Lipinski definition) is 6. The molecule has 2 aromatic rings. The largest absolute Gasteiger partial charge is 0.453 e. The number of rotatable bonds is 5. The third-order valence-corrected chi connectivity index (χ3v) is 5.45. The third-order valence-electron chi connectivity index (χ3n) is 5.45. The van der Waals surface area contributed by atoms with Gasteiger partial charge in [0.1, 0.15) is 23.8 Å². The van der Waals surface area contributed by atoms with Crippen LogP contribution in [0.25, 0.3) is 0 Å². The molecule has 1 amide bonds. The van der Waals surface area contributed by atoms with Gasteiger partial charge < -0.3 is 20.3 Å². The minimum Gasteiger partial charge on any atom is -0.453 e. The number of carbonyl (C=O) groups is 1. The Balaban J connectivity index is 1.84. The minimum absolute atomic E-state index is 0.0780. The maximum atomic E-state index is 13.1. The number of amidine groups is 1. The first kappa shape index (κ1) is 29.3. The predicted molar refractivity (Wildman–Crippen MR) is 131 cm³/mol. The van der Waals surface area contributed by atoms with Gasteiger partial charge in [-0.25, -0.2) is 19.8 Å². The Morgan fingerprint density at radius 2 is 1.82 bits per heavy atom. The lowest BCUT2D eigenvalue weighted by Crippen LogP contribution is -2.46. The van der Waals surface area contributed by atoms with Crippen molar-refractivity contribution in [3.05, 3.63) is 53.6 Å². The summed E-state index contributed by atoms with van der Waals surface area (Å²) in [7, 11) is 1.27. The summed E-state index contributed by atoms with van der Waals surface area (Å²) in [6.45, 7) is 3.82. The Bertz CT molecular complexity index is 1220. The summed E-state index contributed by atoms with van der Waals surface area (Å²) in [5.74, 6) is -0.339. The molecule has 0 saturated carbocycles. The molecule has 0 bridgehead atoms. The Hall–Kier alpha value is -4.24. The number of pyridine rings is 2. The second-order valence-corrected chi connectivity index (χ2v) is 8.12. The second-order valence-electron chi connectivity index (χ2n) is 8.12. The first-order chi connectivity index (χ1) is 18.4. The summed E-state index contributed by atoms with van der Waals surface area (Å²) in [6.07, 6.45) is -7.90. The van der Waals surface area contributed by atoms with Crippen LogP contribution in [0.5, 0.6) is 0 Å². The SMILES string of the molecule is C=N/C(=N\C(=N/CNc1ccnc(C(F)(F)F)c1)NC1CCN(C(=O)OC)CC1)c1cccc(C(F)(F)F)n1. The van der Waals surface area contributed by atoms with Gasteiger partial charge in [-0.3, -0.25) is 4.98 Å². The van der Waals surface area contributed by atoms with Crippen LogP contribution in [0.15, 0.2) is 51.5 Å². The van der Waals surface area contributed by atoms with Gasteiger partial charge in [0, 0.05) is 31.0 Å². The highest BCUT2D eigenvalue weighted by Crippen LogP contribution is 2.29. The summed E-state index contributed by atoms with van der Waals surface area (Å²) in [4.78, 5) is 32.2. The number of methoxy groups -OCH3 is 1. The molecule has 1 aliphatic rings. The molecule has 0 spiro atoms. The fourth-order valence-electron chi connectivity index (χ4n) is 3.52. The number of ether oxygens (including phenoxy) is 1. The van der Waals surface area contributed by atoms with Crippen LogP contribution in [-0.4, -0.2) is 72.4 Å².